The van der Waals surface area contributed by atoms with E-state index < -0.39 is 0 Å². The van der Waals surface area contributed by atoms with Crippen LogP contribution in [-0.4, -0.2) is 43.2 Å². The third-order valence-electron chi connectivity index (χ3n) is 3.43. The van der Waals surface area contributed by atoms with Gasteiger partial charge in [0.05, 0.1) is 6.10 Å². The van der Waals surface area contributed by atoms with E-state index in [0.29, 0.717) is 17.9 Å². The number of rotatable bonds is 4. The van der Waals surface area contributed by atoms with Gasteiger partial charge in [0.25, 0.3) is 0 Å². The Morgan fingerprint density at radius 1 is 1.56 bits per heavy atom. The van der Waals surface area contributed by atoms with Crippen molar-refractivity contribution in [3.05, 3.63) is 10.4 Å². The summed E-state index contributed by atoms with van der Waals surface area (Å²) in [6.07, 6.45) is 1.50. The molecule has 0 aromatic heterocycles. The number of carbonyl (C=O) groups is 1. The van der Waals surface area contributed by atoms with Crippen LogP contribution in [0.4, 0.5) is 0 Å². The molecule has 3 aliphatic rings. The average Bonchev–Trinajstić information content (AvgIpc) is 2.33. The van der Waals surface area contributed by atoms with Gasteiger partial charge in [0.15, 0.2) is 0 Å². The van der Waals surface area contributed by atoms with E-state index >= 15 is 0 Å². The van der Waals surface area contributed by atoms with Gasteiger partial charge in [0.2, 0.25) is 5.91 Å². The van der Waals surface area contributed by atoms with Gasteiger partial charge in [-0.15, -0.1) is 0 Å². The van der Waals surface area contributed by atoms with Gasteiger partial charge in [-0.25, -0.2) is 0 Å². The predicted molar refractivity (Wildman–Crippen MR) is 57.6 cm³/mol. The Morgan fingerprint density at radius 2 is 2.25 bits per heavy atom. The van der Waals surface area contributed by atoms with E-state index in [1.54, 1.807) is 4.90 Å². The molecule has 3 fully saturated rings. The highest BCUT2D eigenvalue weighted by molar-refractivity contribution is 5.78. The summed E-state index contributed by atoms with van der Waals surface area (Å²) in [5.74, 6) is 0.893. The number of hydrogen-bond donors (Lipinski definition) is 0. The summed E-state index contributed by atoms with van der Waals surface area (Å²) in [5, 5.41) is 3.30. The molecule has 1 amide bonds. The van der Waals surface area contributed by atoms with Gasteiger partial charge in [-0.3, -0.25) is 4.79 Å². The molecule has 2 aliphatic heterocycles. The van der Waals surface area contributed by atoms with E-state index in [9.17, 15) is 4.79 Å². The molecule has 3 rings (SSSR count). The van der Waals surface area contributed by atoms with E-state index in [0.717, 1.165) is 26.1 Å². The first-order valence-corrected chi connectivity index (χ1v) is 5.66. The zero-order valence-corrected chi connectivity index (χ0v) is 9.37. The Bertz CT molecular complexity index is 315. The van der Waals surface area contributed by atoms with Gasteiger partial charge in [-0.1, -0.05) is 5.11 Å². The number of nitrogens with zero attached hydrogens (tertiary/aromatic N) is 4. The maximum atomic E-state index is 11.6. The van der Waals surface area contributed by atoms with Gasteiger partial charge in [-0.05, 0) is 18.9 Å². The van der Waals surface area contributed by atoms with Crippen LogP contribution < -0.4 is 0 Å². The second-order valence-electron chi connectivity index (χ2n) is 4.36. The molecular formula is C10H16N4O2. The Hall–Kier alpha value is -1.26. The number of azide groups is 1. The molecule has 0 aromatic rings. The second kappa shape index (κ2) is 4.72. The highest BCUT2D eigenvalue weighted by atomic mass is 16.5. The van der Waals surface area contributed by atoms with Crippen LogP contribution in [0.3, 0.4) is 0 Å². The van der Waals surface area contributed by atoms with Crippen molar-refractivity contribution in [2.45, 2.75) is 19.4 Å². The highest BCUT2D eigenvalue weighted by Gasteiger charge is 2.48. The van der Waals surface area contributed by atoms with Crippen molar-refractivity contribution in [2.75, 3.05) is 26.2 Å². The molecule has 0 aromatic carbocycles. The summed E-state index contributed by atoms with van der Waals surface area (Å²) >= 11 is 0. The molecule has 0 unspecified atom stereocenters. The van der Waals surface area contributed by atoms with E-state index in [2.05, 4.69) is 10.0 Å². The second-order valence-corrected chi connectivity index (χ2v) is 4.36. The number of carbonyl (C=O) groups excluding carboxylic acids is 1. The molecule has 6 heteroatoms. The van der Waals surface area contributed by atoms with Crippen molar-refractivity contribution in [3.63, 3.8) is 0 Å². The van der Waals surface area contributed by atoms with Crippen molar-refractivity contribution < 1.29 is 9.53 Å². The largest absolute Gasteiger partial charge is 0.378 e. The van der Waals surface area contributed by atoms with Crippen LogP contribution in [0.2, 0.25) is 0 Å². The minimum absolute atomic E-state index is 0.0603. The fourth-order valence-electron chi connectivity index (χ4n) is 2.70. The van der Waals surface area contributed by atoms with Gasteiger partial charge >= 0.3 is 0 Å². The van der Waals surface area contributed by atoms with Gasteiger partial charge in [0.1, 0.15) is 6.54 Å². The summed E-state index contributed by atoms with van der Waals surface area (Å²) < 4.78 is 5.63. The predicted octanol–water partition coefficient (Wildman–Crippen LogP) is 1.18. The molecule has 0 spiro atoms. The number of piperidine rings is 2. The Morgan fingerprint density at radius 3 is 2.81 bits per heavy atom. The molecule has 2 bridgehead atoms. The Balaban J connectivity index is 1.85. The normalized spacial score (nSPS) is 31.6. The number of amides is 1. The maximum Gasteiger partial charge on any atom is 0.228 e. The standard InChI is InChI=1S/C10H16N4O2/c1-2-16-10-7-3-8(10)6-14(5-7)9(15)4-12-13-11/h7-8,10H,2-6H2,1H3/t7-,8-/m0/s1. The fraction of sp³-hybridized carbons (Fsp3) is 0.900. The fourth-order valence-corrected chi connectivity index (χ4v) is 2.70. The lowest BCUT2D eigenvalue weighted by molar-refractivity contribution is -0.159. The Labute approximate surface area is 94.2 Å². The van der Waals surface area contributed by atoms with E-state index in [1.807, 2.05) is 6.92 Å². The summed E-state index contributed by atoms with van der Waals surface area (Å²) in [6, 6.07) is 0. The van der Waals surface area contributed by atoms with Crippen molar-refractivity contribution in [1.82, 2.24) is 4.90 Å². The van der Waals surface area contributed by atoms with Gasteiger partial charge < -0.3 is 9.64 Å². The summed E-state index contributed by atoms with van der Waals surface area (Å²) in [5.41, 5.74) is 8.15. The van der Waals surface area contributed by atoms with Crippen LogP contribution in [0.5, 0.6) is 0 Å². The third-order valence-corrected chi connectivity index (χ3v) is 3.43. The van der Waals surface area contributed by atoms with Crippen molar-refractivity contribution in [2.24, 2.45) is 17.0 Å². The van der Waals surface area contributed by atoms with Crippen LogP contribution in [0.25, 0.3) is 10.4 Å². The lowest BCUT2D eigenvalue weighted by atomic mass is 9.68. The smallest absolute Gasteiger partial charge is 0.228 e. The molecule has 0 N–H and O–H groups in total. The van der Waals surface area contributed by atoms with Crippen LogP contribution >= 0.6 is 0 Å². The average molecular weight is 224 g/mol. The molecule has 2 heterocycles. The molecule has 1 saturated carbocycles. The van der Waals surface area contributed by atoms with Crippen molar-refractivity contribution in [3.8, 4) is 0 Å². The van der Waals surface area contributed by atoms with Crippen molar-refractivity contribution >= 4 is 5.91 Å². The molecule has 2 saturated heterocycles. The van der Waals surface area contributed by atoms with Crippen LogP contribution in [0.1, 0.15) is 13.3 Å². The maximum absolute atomic E-state index is 11.6. The summed E-state index contributed by atoms with van der Waals surface area (Å²) in [7, 11) is 0. The van der Waals surface area contributed by atoms with Gasteiger partial charge in [0, 0.05) is 36.4 Å². The third kappa shape index (κ3) is 1.99. The van der Waals surface area contributed by atoms with E-state index in [1.165, 1.54) is 0 Å². The lowest BCUT2D eigenvalue weighted by Crippen LogP contribution is -2.60. The molecule has 6 nitrogen and oxygen atoms in total. The quantitative estimate of drug-likeness (QED) is 0.408. The molecule has 0 radical (unpaired) electrons. The lowest BCUT2D eigenvalue weighted by Gasteiger charge is -2.52. The monoisotopic (exact) mass is 224 g/mol. The van der Waals surface area contributed by atoms with E-state index in [-0.39, 0.29) is 12.5 Å². The van der Waals surface area contributed by atoms with Crippen LogP contribution in [0.15, 0.2) is 5.11 Å². The molecular weight excluding hydrogens is 208 g/mol. The Kier molecular flexibility index (Phi) is 3.31. The minimum atomic E-state index is -0.0672. The highest BCUT2D eigenvalue weighted by Crippen LogP contribution is 2.42. The number of fused-ring (bicyclic) bond motifs is 2. The summed E-state index contributed by atoms with van der Waals surface area (Å²) in [4.78, 5) is 16.0. The zero-order valence-electron chi connectivity index (χ0n) is 9.37. The van der Waals surface area contributed by atoms with Crippen LogP contribution in [-0.2, 0) is 9.53 Å². The zero-order chi connectivity index (χ0) is 11.5. The molecule has 16 heavy (non-hydrogen) atoms. The van der Waals surface area contributed by atoms with Gasteiger partial charge in [-0.2, -0.15) is 0 Å². The first kappa shape index (κ1) is 11.2. The molecule has 2 atom stereocenters. The number of ether oxygens (including phenoxy) is 1. The number of hydrogen-bond acceptors (Lipinski definition) is 3. The first-order chi connectivity index (χ1) is 7.76. The minimum Gasteiger partial charge on any atom is -0.378 e. The van der Waals surface area contributed by atoms with Crippen LogP contribution in [0, 0.1) is 11.8 Å². The molecule has 1 aliphatic carbocycles. The SMILES string of the molecule is CCOC1[C@H]2C[C@H]1CN(C(=O)CN=[N+]=[N-])C2. The topological polar surface area (TPSA) is 78.3 Å². The summed E-state index contributed by atoms with van der Waals surface area (Å²) in [6.45, 7) is 4.18. The van der Waals surface area contributed by atoms with Crippen molar-refractivity contribution in [1.29, 1.82) is 0 Å². The van der Waals surface area contributed by atoms with E-state index in [4.69, 9.17) is 10.3 Å². The molecule has 88 valence electrons. The first-order valence-electron chi connectivity index (χ1n) is 5.66.